The molecule has 13 heavy (non-hydrogen) atoms. The number of nitrogens with zero attached hydrogens (tertiary/aromatic N) is 1. The van der Waals surface area contributed by atoms with Gasteiger partial charge in [-0.15, -0.1) is 0 Å². The van der Waals surface area contributed by atoms with Gasteiger partial charge in [-0.25, -0.2) is 8.42 Å². The summed E-state index contributed by atoms with van der Waals surface area (Å²) >= 11 is 0. The Kier molecular flexibility index (Phi) is 3.66. The monoisotopic (exact) mass is 208 g/mol. The second-order valence-corrected chi connectivity index (χ2v) is 5.18. The maximum absolute atomic E-state index is 11.3. The molecule has 2 N–H and O–H groups in total. The molecule has 1 aliphatic heterocycles. The van der Waals surface area contributed by atoms with Crippen LogP contribution in [0, 0.1) is 0 Å². The van der Waals surface area contributed by atoms with Crippen LogP contribution in [0.2, 0.25) is 0 Å². The highest BCUT2D eigenvalue weighted by molar-refractivity contribution is 7.88. The van der Waals surface area contributed by atoms with Crippen molar-refractivity contribution < 1.29 is 13.5 Å². The maximum Gasteiger partial charge on any atom is 0.211 e. The molecular weight excluding hydrogens is 192 g/mol. The first-order valence-corrected chi connectivity index (χ1v) is 6.19. The Morgan fingerprint density at radius 3 is 2.69 bits per heavy atom. The zero-order valence-electron chi connectivity index (χ0n) is 7.73. The molecule has 1 fully saturated rings. The van der Waals surface area contributed by atoms with Crippen molar-refractivity contribution in [2.45, 2.75) is 12.5 Å². The first kappa shape index (κ1) is 10.9. The fourth-order valence-corrected chi connectivity index (χ4v) is 2.74. The van der Waals surface area contributed by atoms with Crippen molar-refractivity contribution in [3.8, 4) is 0 Å². The van der Waals surface area contributed by atoms with E-state index in [-0.39, 0.29) is 19.2 Å². The molecule has 0 aromatic rings. The molecule has 0 spiro atoms. The van der Waals surface area contributed by atoms with Crippen molar-refractivity contribution in [2.24, 2.45) is 0 Å². The number of hydrogen-bond acceptors (Lipinski definition) is 4. The van der Waals surface area contributed by atoms with Gasteiger partial charge in [0.1, 0.15) is 0 Å². The predicted molar refractivity (Wildman–Crippen MR) is 49.9 cm³/mol. The Morgan fingerprint density at radius 2 is 2.31 bits per heavy atom. The third-order valence-electron chi connectivity index (χ3n) is 2.19. The zero-order chi connectivity index (χ0) is 9.90. The molecule has 1 saturated heterocycles. The van der Waals surface area contributed by atoms with Crippen LogP contribution in [0.4, 0.5) is 0 Å². The molecule has 0 amide bonds. The summed E-state index contributed by atoms with van der Waals surface area (Å²) in [6.45, 7) is 1.62. The van der Waals surface area contributed by atoms with Gasteiger partial charge in [0.05, 0.1) is 12.9 Å². The van der Waals surface area contributed by atoms with Gasteiger partial charge in [0, 0.05) is 19.1 Å². The quantitative estimate of drug-likeness (QED) is 0.596. The van der Waals surface area contributed by atoms with Crippen LogP contribution < -0.4 is 5.32 Å². The van der Waals surface area contributed by atoms with Crippen LogP contribution >= 0.6 is 0 Å². The molecule has 0 radical (unpaired) electrons. The smallest absolute Gasteiger partial charge is 0.211 e. The van der Waals surface area contributed by atoms with E-state index in [0.29, 0.717) is 6.54 Å². The van der Waals surface area contributed by atoms with Gasteiger partial charge in [-0.1, -0.05) is 0 Å². The van der Waals surface area contributed by atoms with Crippen molar-refractivity contribution in [3.63, 3.8) is 0 Å². The Morgan fingerprint density at radius 1 is 1.62 bits per heavy atom. The zero-order valence-corrected chi connectivity index (χ0v) is 8.55. The van der Waals surface area contributed by atoms with Crippen molar-refractivity contribution in [1.82, 2.24) is 9.62 Å². The van der Waals surface area contributed by atoms with Crippen LogP contribution in [0.25, 0.3) is 0 Å². The summed E-state index contributed by atoms with van der Waals surface area (Å²) in [5, 5.41) is 11.8. The van der Waals surface area contributed by atoms with Gasteiger partial charge < -0.3 is 10.4 Å². The first-order chi connectivity index (χ1) is 6.05. The molecule has 0 unspecified atom stereocenters. The van der Waals surface area contributed by atoms with Crippen LogP contribution in [0.3, 0.4) is 0 Å². The Bertz CT molecular complexity index is 246. The number of sulfonamides is 1. The highest BCUT2D eigenvalue weighted by Gasteiger charge is 2.28. The molecule has 1 rings (SSSR count). The van der Waals surface area contributed by atoms with Crippen molar-refractivity contribution in [1.29, 1.82) is 0 Å². The standard InChI is InChI=1S/C7H16N2O3S/c1-13(11,12)9(4-5-10)7-2-3-8-6-7/h7-8,10H,2-6H2,1H3/t7-/m0/s1. The molecule has 6 heteroatoms. The third kappa shape index (κ3) is 2.91. The number of rotatable bonds is 4. The molecule has 78 valence electrons. The van der Waals surface area contributed by atoms with Crippen LogP contribution in [0.15, 0.2) is 0 Å². The van der Waals surface area contributed by atoms with Crippen LogP contribution in [0.5, 0.6) is 0 Å². The van der Waals surface area contributed by atoms with Crippen molar-refractivity contribution in [2.75, 3.05) is 32.5 Å². The van der Waals surface area contributed by atoms with E-state index in [1.165, 1.54) is 10.6 Å². The fourth-order valence-electron chi connectivity index (χ4n) is 1.60. The van der Waals surface area contributed by atoms with Crippen LogP contribution in [-0.4, -0.2) is 56.4 Å². The molecular formula is C7H16N2O3S. The molecule has 5 nitrogen and oxygen atoms in total. The summed E-state index contributed by atoms with van der Waals surface area (Å²) in [4.78, 5) is 0. The summed E-state index contributed by atoms with van der Waals surface area (Å²) < 4.78 is 24.0. The summed E-state index contributed by atoms with van der Waals surface area (Å²) in [5.74, 6) is 0. The minimum Gasteiger partial charge on any atom is -0.395 e. The third-order valence-corrected chi connectivity index (χ3v) is 3.52. The lowest BCUT2D eigenvalue weighted by Gasteiger charge is -2.24. The van der Waals surface area contributed by atoms with Gasteiger partial charge in [-0.3, -0.25) is 0 Å². The van der Waals surface area contributed by atoms with Gasteiger partial charge in [-0.05, 0) is 13.0 Å². The van der Waals surface area contributed by atoms with Gasteiger partial charge in [0.25, 0.3) is 0 Å². The van der Waals surface area contributed by atoms with Gasteiger partial charge >= 0.3 is 0 Å². The van der Waals surface area contributed by atoms with E-state index in [1.807, 2.05) is 0 Å². The van der Waals surface area contributed by atoms with Gasteiger partial charge in [0.2, 0.25) is 10.0 Å². The second kappa shape index (κ2) is 4.36. The predicted octanol–water partition coefficient (Wildman–Crippen LogP) is -1.40. The van der Waals surface area contributed by atoms with E-state index < -0.39 is 10.0 Å². The van der Waals surface area contributed by atoms with E-state index in [0.717, 1.165) is 13.0 Å². The second-order valence-electron chi connectivity index (χ2n) is 3.24. The Labute approximate surface area is 78.8 Å². The largest absolute Gasteiger partial charge is 0.395 e. The summed E-state index contributed by atoms with van der Waals surface area (Å²) in [5.41, 5.74) is 0. The molecule has 0 aromatic heterocycles. The van der Waals surface area contributed by atoms with Gasteiger partial charge in [0.15, 0.2) is 0 Å². The molecule has 0 aromatic carbocycles. The normalized spacial score (nSPS) is 24.1. The Hall–Kier alpha value is -0.170. The average Bonchev–Trinajstić information content (AvgIpc) is 2.49. The molecule has 1 aliphatic rings. The molecule has 0 aliphatic carbocycles. The topological polar surface area (TPSA) is 69.6 Å². The molecule has 0 bridgehead atoms. The summed E-state index contributed by atoms with van der Waals surface area (Å²) in [6.07, 6.45) is 2.01. The number of hydrogen-bond donors (Lipinski definition) is 2. The van der Waals surface area contributed by atoms with E-state index in [1.54, 1.807) is 0 Å². The first-order valence-electron chi connectivity index (χ1n) is 4.34. The molecule has 1 atom stereocenters. The lowest BCUT2D eigenvalue weighted by molar-refractivity contribution is 0.231. The Balaban J connectivity index is 2.66. The van der Waals surface area contributed by atoms with Crippen molar-refractivity contribution >= 4 is 10.0 Å². The lowest BCUT2D eigenvalue weighted by atomic mass is 10.2. The number of aliphatic hydroxyl groups excluding tert-OH is 1. The highest BCUT2D eigenvalue weighted by Crippen LogP contribution is 2.11. The minimum atomic E-state index is -3.18. The average molecular weight is 208 g/mol. The summed E-state index contributed by atoms with van der Waals surface area (Å²) in [7, 11) is -3.18. The molecule has 0 saturated carbocycles. The van der Waals surface area contributed by atoms with Gasteiger partial charge in [-0.2, -0.15) is 4.31 Å². The van der Waals surface area contributed by atoms with Crippen molar-refractivity contribution in [3.05, 3.63) is 0 Å². The lowest BCUT2D eigenvalue weighted by Crippen LogP contribution is -2.42. The van der Waals surface area contributed by atoms with Crippen LogP contribution in [-0.2, 0) is 10.0 Å². The maximum atomic E-state index is 11.3. The minimum absolute atomic E-state index is 0.0159. The van der Waals surface area contributed by atoms with E-state index in [4.69, 9.17) is 5.11 Å². The number of nitrogens with one attached hydrogen (secondary N) is 1. The highest BCUT2D eigenvalue weighted by atomic mass is 32.2. The molecule has 1 heterocycles. The summed E-state index contributed by atoms with van der Waals surface area (Å²) in [6, 6.07) is 0.0159. The SMILES string of the molecule is CS(=O)(=O)N(CCO)[C@H]1CCNC1. The van der Waals surface area contributed by atoms with Crippen LogP contribution in [0.1, 0.15) is 6.42 Å². The number of aliphatic hydroxyl groups is 1. The van der Waals surface area contributed by atoms with E-state index in [9.17, 15) is 8.42 Å². The van der Waals surface area contributed by atoms with E-state index in [2.05, 4.69) is 5.32 Å². The fraction of sp³-hybridized carbons (Fsp3) is 1.00. The van der Waals surface area contributed by atoms with E-state index >= 15 is 0 Å².